The van der Waals surface area contributed by atoms with E-state index in [0.717, 1.165) is 13.1 Å². The van der Waals surface area contributed by atoms with Gasteiger partial charge in [-0.1, -0.05) is 13.1 Å². The number of carbonyl (C=O) groups is 1. The van der Waals surface area contributed by atoms with Crippen LogP contribution in [0.25, 0.3) is 0 Å². The van der Waals surface area contributed by atoms with E-state index < -0.39 is 20.3 Å². The minimum Gasteiger partial charge on any atom is -0.441 e. The Morgan fingerprint density at radius 3 is 2.61 bits per heavy atom. The molecular weight excluding hydrogens is 315 g/mol. The maximum Gasteiger partial charge on any atom is 0.414 e. The molecule has 0 saturated carbocycles. The minimum absolute atomic E-state index is 0.226. The molecule has 3 rings (SSSR count). The monoisotopic (exact) mass is 338 g/mol. The number of benzene rings is 1. The fraction of sp³-hybridized carbons (Fsp3) is 0.562. The number of anilines is 2. The van der Waals surface area contributed by atoms with Gasteiger partial charge in [0.05, 0.1) is 32.6 Å². The third-order valence-corrected chi connectivity index (χ3v) is 7.93. The number of aliphatic hydroxyl groups is 1. The number of ether oxygens (including phenoxy) is 1. The van der Waals surface area contributed by atoms with Crippen molar-refractivity contribution in [3.05, 3.63) is 24.0 Å². The third-order valence-electron chi connectivity index (χ3n) is 4.78. The van der Waals surface area contributed by atoms with Crippen LogP contribution in [0.2, 0.25) is 25.2 Å². The first-order valence-electron chi connectivity index (χ1n) is 8.03. The molecule has 126 valence electrons. The zero-order valence-corrected chi connectivity index (χ0v) is 14.6. The Labute approximate surface area is 136 Å². The Balaban J connectivity index is 1.75. The molecule has 2 fully saturated rings. The topological polar surface area (TPSA) is 53.0 Å². The molecule has 1 amide bonds. The van der Waals surface area contributed by atoms with Crippen LogP contribution in [-0.4, -0.2) is 51.6 Å². The molecule has 0 spiro atoms. The van der Waals surface area contributed by atoms with Gasteiger partial charge < -0.3 is 14.7 Å². The molecule has 1 aromatic carbocycles. The van der Waals surface area contributed by atoms with Crippen molar-refractivity contribution in [2.24, 2.45) is 0 Å². The van der Waals surface area contributed by atoms with Gasteiger partial charge in [-0.25, -0.2) is 9.18 Å². The first-order valence-corrected chi connectivity index (χ1v) is 11.4. The number of hydrogen-bond donors (Lipinski definition) is 1. The summed E-state index contributed by atoms with van der Waals surface area (Å²) in [5, 5.41) is 9.08. The number of nitrogens with zero attached hydrogens (tertiary/aromatic N) is 2. The maximum atomic E-state index is 14.5. The van der Waals surface area contributed by atoms with Crippen molar-refractivity contribution in [1.82, 2.24) is 0 Å². The Morgan fingerprint density at radius 1 is 1.35 bits per heavy atom. The number of amides is 1. The molecule has 2 aliphatic heterocycles. The lowest BCUT2D eigenvalue weighted by Gasteiger charge is -2.37. The number of halogens is 1. The van der Waals surface area contributed by atoms with E-state index in [1.54, 1.807) is 12.1 Å². The fourth-order valence-electron chi connectivity index (χ4n) is 3.10. The van der Waals surface area contributed by atoms with Crippen LogP contribution in [0.5, 0.6) is 0 Å². The second-order valence-corrected chi connectivity index (χ2v) is 12.4. The highest BCUT2D eigenvalue weighted by Gasteiger charge is 2.33. The van der Waals surface area contributed by atoms with Crippen LogP contribution in [0.4, 0.5) is 20.6 Å². The van der Waals surface area contributed by atoms with Gasteiger partial charge in [-0.15, -0.1) is 0 Å². The van der Waals surface area contributed by atoms with Gasteiger partial charge in [0.2, 0.25) is 0 Å². The van der Waals surface area contributed by atoms with Crippen molar-refractivity contribution >= 4 is 25.5 Å². The lowest BCUT2D eigenvalue weighted by Crippen LogP contribution is -2.43. The highest BCUT2D eigenvalue weighted by Crippen LogP contribution is 2.31. The van der Waals surface area contributed by atoms with Gasteiger partial charge in [0, 0.05) is 13.1 Å². The van der Waals surface area contributed by atoms with Gasteiger partial charge in [0.1, 0.15) is 11.9 Å². The molecule has 0 aromatic heterocycles. The van der Waals surface area contributed by atoms with Gasteiger partial charge in [-0.05, 0) is 30.3 Å². The minimum atomic E-state index is -1.09. The highest BCUT2D eigenvalue weighted by molar-refractivity contribution is 6.77. The van der Waals surface area contributed by atoms with Crippen molar-refractivity contribution in [2.45, 2.75) is 31.3 Å². The molecule has 2 heterocycles. The number of cyclic esters (lactones) is 1. The van der Waals surface area contributed by atoms with Crippen LogP contribution >= 0.6 is 0 Å². The summed E-state index contributed by atoms with van der Waals surface area (Å²) in [6, 6.07) is 7.21. The number of rotatable bonds is 3. The van der Waals surface area contributed by atoms with Crippen molar-refractivity contribution in [3.8, 4) is 0 Å². The van der Waals surface area contributed by atoms with Crippen molar-refractivity contribution in [1.29, 1.82) is 0 Å². The zero-order valence-electron chi connectivity index (χ0n) is 13.6. The molecule has 2 saturated heterocycles. The van der Waals surface area contributed by atoms with Gasteiger partial charge in [0.25, 0.3) is 0 Å². The van der Waals surface area contributed by atoms with Crippen molar-refractivity contribution in [3.63, 3.8) is 0 Å². The van der Waals surface area contributed by atoms with Crippen LogP contribution < -0.4 is 9.80 Å². The van der Waals surface area contributed by atoms with Crippen LogP contribution in [0.1, 0.15) is 0 Å². The van der Waals surface area contributed by atoms with Gasteiger partial charge in [0.15, 0.2) is 0 Å². The second kappa shape index (κ2) is 6.12. The maximum absolute atomic E-state index is 14.5. The molecule has 5 nitrogen and oxygen atoms in total. The van der Waals surface area contributed by atoms with Gasteiger partial charge in [-0.3, -0.25) is 4.90 Å². The molecule has 1 aromatic rings. The molecule has 0 bridgehead atoms. The van der Waals surface area contributed by atoms with E-state index in [2.05, 4.69) is 18.0 Å². The standard InChI is InChI=1S/C16H23FN2O3Si/c1-23(2)7-5-18(6-8-23)15-4-3-12(9-14(15)17)19-10-13(11-20)22-16(19)21/h3-4,9,13,20H,5-8,10-11H2,1-2H3/t13-/m1/s1. The van der Waals surface area contributed by atoms with E-state index >= 15 is 0 Å². The summed E-state index contributed by atoms with van der Waals surface area (Å²) in [5.74, 6) is -0.316. The average Bonchev–Trinajstić information content (AvgIpc) is 2.89. The summed E-state index contributed by atoms with van der Waals surface area (Å²) in [6.07, 6.45) is -1.08. The first-order chi connectivity index (χ1) is 10.9. The Hall–Kier alpha value is -1.60. The number of aliphatic hydroxyl groups excluding tert-OH is 1. The van der Waals surface area contributed by atoms with Gasteiger partial charge in [-0.2, -0.15) is 0 Å². The van der Waals surface area contributed by atoms with Crippen molar-refractivity contribution < 1.29 is 19.0 Å². The molecule has 1 atom stereocenters. The van der Waals surface area contributed by atoms with E-state index in [1.807, 2.05) is 0 Å². The van der Waals surface area contributed by atoms with Gasteiger partial charge >= 0.3 is 6.09 Å². The smallest absolute Gasteiger partial charge is 0.414 e. The summed E-state index contributed by atoms with van der Waals surface area (Å²) in [4.78, 5) is 15.2. The lowest BCUT2D eigenvalue weighted by atomic mass is 10.2. The van der Waals surface area contributed by atoms with Crippen LogP contribution in [0.3, 0.4) is 0 Å². The molecule has 0 radical (unpaired) electrons. The van der Waals surface area contributed by atoms with Crippen LogP contribution in [0.15, 0.2) is 18.2 Å². The molecule has 0 unspecified atom stereocenters. The predicted octanol–water partition coefficient (Wildman–Crippen LogP) is 2.67. The SMILES string of the molecule is C[Si]1(C)CCN(c2ccc(N3C[C@H](CO)OC3=O)cc2F)CC1. The van der Waals surface area contributed by atoms with E-state index in [9.17, 15) is 9.18 Å². The fourth-order valence-corrected chi connectivity index (χ4v) is 5.10. The van der Waals surface area contributed by atoms with E-state index in [1.165, 1.54) is 23.1 Å². The number of hydrogen-bond acceptors (Lipinski definition) is 4. The quantitative estimate of drug-likeness (QED) is 0.861. The Bertz CT molecular complexity index is 601. The van der Waals surface area contributed by atoms with Crippen LogP contribution in [-0.2, 0) is 4.74 Å². The van der Waals surface area contributed by atoms with E-state index in [-0.39, 0.29) is 19.0 Å². The number of carbonyl (C=O) groups excluding carboxylic acids is 1. The van der Waals surface area contributed by atoms with E-state index in [4.69, 9.17) is 9.84 Å². The average molecular weight is 338 g/mol. The summed E-state index contributed by atoms with van der Waals surface area (Å²) < 4.78 is 19.5. The lowest BCUT2D eigenvalue weighted by molar-refractivity contribution is 0.0963. The molecule has 0 aliphatic carbocycles. The summed E-state index contributed by atoms with van der Waals surface area (Å²) >= 11 is 0. The van der Waals surface area contributed by atoms with Crippen LogP contribution in [0, 0.1) is 5.82 Å². The molecular formula is C16H23FN2O3Si. The normalized spacial score (nSPS) is 24.0. The summed E-state index contributed by atoms with van der Waals surface area (Å²) in [6.45, 7) is 6.57. The zero-order chi connectivity index (χ0) is 16.6. The summed E-state index contributed by atoms with van der Waals surface area (Å²) in [5.41, 5.74) is 1.07. The third kappa shape index (κ3) is 3.35. The highest BCUT2D eigenvalue weighted by atomic mass is 28.3. The molecule has 23 heavy (non-hydrogen) atoms. The molecule has 7 heteroatoms. The molecule has 1 N–H and O–H groups in total. The largest absolute Gasteiger partial charge is 0.441 e. The van der Waals surface area contributed by atoms with E-state index in [0.29, 0.717) is 11.4 Å². The Kier molecular flexibility index (Phi) is 4.33. The van der Waals surface area contributed by atoms with Crippen molar-refractivity contribution in [2.75, 3.05) is 36.0 Å². The molecule has 2 aliphatic rings. The Morgan fingerprint density at radius 2 is 2.04 bits per heavy atom. The summed E-state index contributed by atoms with van der Waals surface area (Å²) in [7, 11) is -1.09. The first kappa shape index (κ1) is 16.3. The second-order valence-electron chi connectivity index (χ2n) is 7.09. The predicted molar refractivity (Wildman–Crippen MR) is 90.4 cm³/mol.